The molecule has 1 unspecified atom stereocenters. The van der Waals surface area contributed by atoms with Crippen LogP contribution in [-0.2, 0) is 13.0 Å². The lowest BCUT2D eigenvalue weighted by molar-refractivity contribution is 0.447. The van der Waals surface area contributed by atoms with Crippen LogP contribution in [0.5, 0.6) is 0 Å². The number of benzene rings is 1. The Balaban J connectivity index is 1.38. The highest BCUT2D eigenvalue weighted by Crippen LogP contribution is 2.27. The van der Waals surface area contributed by atoms with E-state index < -0.39 is 0 Å². The maximum atomic E-state index is 4.58. The molecule has 0 aliphatic heterocycles. The molecule has 1 aliphatic carbocycles. The van der Waals surface area contributed by atoms with Gasteiger partial charge in [-0.15, -0.1) is 10.2 Å². The first kappa shape index (κ1) is 15.7. The quantitative estimate of drug-likeness (QED) is 0.730. The smallest absolute Gasteiger partial charge is 0.141 e. The van der Waals surface area contributed by atoms with Crippen molar-refractivity contribution in [1.29, 1.82) is 0 Å². The van der Waals surface area contributed by atoms with Gasteiger partial charge in [-0.1, -0.05) is 30.3 Å². The number of nitrogens with zero attached hydrogens (tertiary/aromatic N) is 5. The Labute approximate surface area is 146 Å². The molecule has 1 N–H and O–H groups in total. The molecule has 0 saturated heterocycles. The lowest BCUT2D eigenvalue weighted by Crippen LogP contribution is -2.25. The molecule has 0 amide bonds. The summed E-state index contributed by atoms with van der Waals surface area (Å²) in [6.07, 6.45) is 10.3. The van der Waals surface area contributed by atoms with Crippen LogP contribution in [0.4, 0.5) is 0 Å². The van der Waals surface area contributed by atoms with E-state index in [1.807, 2.05) is 12.3 Å². The zero-order valence-corrected chi connectivity index (χ0v) is 13.9. The standard InChI is InChI=1S/C19H20N6/c1-3-17-4-2-10-20-19(17)18(5-1)21-11-15-6-8-16(9-7-15)12-24-25-13-22-23-14-25/h2,4,6-10,12-14,18,21H,1,3,5,11H2. The van der Waals surface area contributed by atoms with Crippen LogP contribution >= 0.6 is 0 Å². The molecule has 126 valence electrons. The Morgan fingerprint density at radius 1 is 1.16 bits per heavy atom. The minimum absolute atomic E-state index is 0.347. The summed E-state index contributed by atoms with van der Waals surface area (Å²) < 4.78 is 1.57. The average Bonchev–Trinajstić information content (AvgIpc) is 3.19. The van der Waals surface area contributed by atoms with Gasteiger partial charge in [-0.2, -0.15) is 5.10 Å². The normalized spacial score (nSPS) is 16.9. The molecule has 0 spiro atoms. The van der Waals surface area contributed by atoms with E-state index in [0.29, 0.717) is 6.04 Å². The zero-order chi connectivity index (χ0) is 16.9. The summed E-state index contributed by atoms with van der Waals surface area (Å²) in [6.45, 7) is 0.837. The van der Waals surface area contributed by atoms with Crippen molar-refractivity contribution in [2.24, 2.45) is 5.10 Å². The van der Waals surface area contributed by atoms with Gasteiger partial charge < -0.3 is 5.32 Å². The second kappa shape index (κ2) is 7.36. The average molecular weight is 332 g/mol. The maximum Gasteiger partial charge on any atom is 0.141 e. The van der Waals surface area contributed by atoms with Crippen molar-refractivity contribution in [2.45, 2.75) is 31.8 Å². The van der Waals surface area contributed by atoms with Crippen LogP contribution < -0.4 is 5.32 Å². The lowest BCUT2D eigenvalue weighted by atomic mass is 9.92. The molecule has 0 bridgehead atoms. The summed E-state index contributed by atoms with van der Waals surface area (Å²) in [5, 5.41) is 15.3. The molecule has 0 radical (unpaired) electrons. The summed E-state index contributed by atoms with van der Waals surface area (Å²) >= 11 is 0. The first-order valence-electron chi connectivity index (χ1n) is 8.53. The molecule has 0 saturated carbocycles. The van der Waals surface area contributed by atoms with Crippen LogP contribution in [0.2, 0.25) is 0 Å². The molecule has 1 aromatic carbocycles. The highest BCUT2D eigenvalue weighted by atomic mass is 15.4. The molecule has 25 heavy (non-hydrogen) atoms. The van der Waals surface area contributed by atoms with E-state index in [9.17, 15) is 0 Å². The topological polar surface area (TPSA) is 68.0 Å². The Hall–Kier alpha value is -2.86. The Morgan fingerprint density at radius 3 is 2.84 bits per heavy atom. The van der Waals surface area contributed by atoms with Crippen molar-refractivity contribution >= 4 is 6.21 Å². The first-order chi connectivity index (χ1) is 12.4. The van der Waals surface area contributed by atoms with Crippen LogP contribution in [0.1, 0.15) is 41.3 Å². The van der Waals surface area contributed by atoms with Gasteiger partial charge in [0.15, 0.2) is 0 Å². The van der Waals surface area contributed by atoms with Crippen LogP contribution in [0.15, 0.2) is 60.4 Å². The van der Waals surface area contributed by atoms with Crippen LogP contribution in [-0.4, -0.2) is 26.1 Å². The van der Waals surface area contributed by atoms with Crippen molar-refractivity contribution in [1.82, 2.24) is 25.2 Å². The van der Waals surface area contributed by atoms with Crippen molar-refractivity contribution in [3.8, 4) is 0 Å². The number of hydrogen-bond donors (Lipinski definition) is 1. The predicted octanol–water partition coefficient (Wildman–Crippen LogP) is 2.72. The minimum Gasteiger partial charge on any atom is -0.305 e. The van der Waals surface area contributed by atoms with Gasteiger partial charge in [0.2, 0.25) is 0 Å². The molecule has 6 heteroatoms. The van der Waals surface area contributed by atoms with Crippen LogP contribution in [0.25, 0.3) is 0 Å². The van der Waals surface area contributed by atoms with Gasteiger partial charge in [-0.3, -0.25) is 4.98 Å². The SMILES string of the molecule is C(=Nn1cnnc1)c1ccc(CNC2CCCc3cccnc32)cc1. The van der Waals surface area contributed by atoms with Gasteiger partial charge in [-0.05, 0) is 42.0 Å². The third-order valence-corrected chi connectivity index (χ3v) is 4.47. The van der Waals surface area contributed by atoms with E-state index in [2.05, 4.69) is 55.9 Å². The van der Waals surface area contributed by atoms with Crippen LogP contribution in [0.3, 0.4) is 0 Å². The van der Waals surface area contributed by atoms with Crippen molar-refractivity contribution < 1.29 is 0 Å². The third-order valence-electron chi connectivity index (χ3n) is 4.47. The summed E-state index contributed by atoms with van der Waals surface area (Å²) in [7, 11) is 0. The molecule has 0 fully saturated rings. The summed E-state index contributed by atoms with van der Waals surface area (Å²) in [5.74, 6) is 0. The fourth-order valence-corrected chi connectivity index (χ4v) is 3.16. The monoisotopic (exact) mass is 332 g/mol. The molecule has 4 rings (SSSR count). The van der Waals surface area contributed by atoms with Gasteiger partial charge in [0.25, 0.3) is 0 Å². The van der Waals surface area contributed by atoms with E-state index in [4.69, 9.17) is 0 Å². The Morgan fingerprint density at radius 2 is 2.00 bits per heavy atom. The van der Waals surface area contributed by atoms with Gasteiger partial charge in [0.1, 0.15) is 12.7 Å². The number of aromatic nitrogens is 4. The fourth-order valence-electron chi connectivity index (χ4n) is 3.16. The zero-order valence-electron chi connectivity index (χ0n) is 13.9. The third kappa shape index (κ3) is 3.80. The van der Waals surface area contributed by atoms with E-state index in [0.717, 1.165) is 24.9 Å². The van der Waals surface area contributed by atoms with E-state index >= 15 is 0 Å². The fraction of sp³-hybridized carbons (Fsp3) is 0.263. The minimum atomic E-state index is 0.347. The van der Waals surface area contributed by atoms with Crippen molar-refractivity contribution in [3.05, 3.63) is 77.6 Å². The van der Waals surface area contributed by atoms with Crippen LogP contribution in [0, 0.1) is 0 Å². The highest BCUT2D eigenvalue weighted by molar-refractivity contribution is 5.79. The van der Waals surface area contributed by atoms with Gasteiger partial charge in [-0.25, -0.2) is 4.68 Å². The number of pyridine rings is 1. The molecule has 1 aliphatic rings. The Kier molecular flexibility index (Phi) is 4.61. The number of nitrogens with one attached hydrogen (secondary N) is 1. The summed E-state index contributed by atoms with van der Waals surface area (Å²) in [4.78, 5) is 4.58. The van der Waals surface area contributed by atoms with Gasteiger partial charge in [0, 0.05) is 12.7 Å². The number of rotatable bonds is 5. The largest absolute Gasteiger partial charge is 0.305 e. The number of hydrogen-bond acceptors (Lipinski definition) is 5. The van der Waals surface area contributed by atoms with Gasteiger partial charge >= 0.3 is 0 Å². The van der Waals surface area contributed by atoms with E-state index in [-0.39, 0.29) is 0 Å². The highest BCUT2D eigenvalue weighted by Gasteiger charge is 2.20. The molecule has 3 aromatic rings. The Bertz CT molecular complexity index is 839. The molecular formula is C19H20N6. The molecule has 1 atom stereocenters. The molecule has 2 heterocycles. The summed E-state index contributed by atoms with van der Waals surface area (Å²) in [5.41, 5.74) is 4.89. The predicted molar refractivity (Wildman–Crippen MR) is 96.2 cm³/mol. The second-order valence-corrected chi connectivity index (χ2v) is 6.20. The van der Waals surface area contributed by atoms with E-state index in [1.165, 1.54) is 23.2 Å². The second-order valence-electron chi connectivity index (χ2n) is 6.20. The van der Waals surface area contributed by atoms with Crippen molar-refractivity contribution in [2.75, 3.05) is 0 Å². The maximum absolute atomic E-state index is 4.58. The van der Waals surface area contributed by atoms with Gasteiger partial charge in [0.05, 0.1) is 18.0 Å². The molecule has 2 aromatic heterocycles. The number of fused-ring (bicyclic) bond motifs is 1. The first-order valence-corrected chi connectivity index (χ1v) is 8.53. The number of aryl methyl sites for hydroxylation is 1. The molecular weight excluding hydrogens is 312 g/mol. The summed E-state index contributed by atoms with van der Waals surface area (Å²) in [6, 6.07) is 13.0. The van der Waals surface area contributed by atoms with Crippen molar-refractivity contribution in [3.63, 3.8) is 0 Å². The molecule has 6 nitrogen and oxygen atoms in total. The van der Waals surface area contributed by atoms with E-state index in [1.54, 1.807) is 23.5 Å². The lowest BCUT2D eigenvalue weighted by Gasteiger charge is -2.25.